The molecular formula is C16H24N2O4S. The van der Waals surface area contributed by atoms with E-state index in [2.05, 4.69) is 0 Å². The zero-order valence-corrected chi connectivity index (χ0v) is 14.7. The summed E-state index contributed by atoms with van der Waals surface area (Å²) in [6.45, 7) is 3.76. The van der Waals surface area contributed by atoms with Crippen LogP contribution in [-0.2, 0) is 16.4 Å². The van der Waals surface area contributed by atoms with Crippen molar-refractivity contribution in [1.82, 2.24) is 9.21 Å². The van der Waals surface area contributed by atoms with Crippen molar-refractivity contribution in [3.63, 3.8) is 0 Å². The number of benzene rings is 1. The Morgan fingerprint density at radius 3 is 2.57 bits per heavy atom. The van der Waals surface area contributed by atoms with Gasteiger partial charge in [-0.3, -0.25) is 4.79 Å². The number of hydrogen-bond acceptors (Lipinski definition) is 4. The number of amides is 1. The number of carbonyl (C=O) groups is 1. The topological polar surface area (TPSA) is 66.9 Å². The molecule has 0 N–H and O–H groups in total. The highest BCUT2D eigenvalue weighted by atomic mass is 32.2. The lowest BCUT2D eigenvalue weighted by molar-refractivity contribution is 0.0760. The summed E-state index contributed by atoms with van der Waals surface area (Å²) < 4.78 is 30.1. The first-order chi connectivity index (χ1) is 10.9. The van der Waals surface area contributed by atoms with E-state index in [-0.39, 0.29) is 5.91 Å². The van der Waals surface area contributed by atoms with Crippen molar-refractivity contribution >= 4 is 15.9 Å². The molecule has 1 heterocycles. The Morgan fingerprint density at radius 1 is 1.22 bits per heavy atom. The van der Waals surface area contributed by atoms with Gasteiger partial charge < -0.3 is 9.64 Å². The van der Waals surface area contributed by atoms with Gasteiger partial charge in [0.2, 0.25) is 10.0 Å². The number of nitrogens with zero attached hydrogens (tertiary/aromatic N) is 2. The summed E-state index contributed by atoms with van der Waals surface area (Å²) in [5.74, 6) is 0.448. The van der Waals surface area contributed by atoms with Crippen LogP contribution in [0.1, 0.15) is 29.3 Å². The Balaban J connectivity index is 2.20. The van der Waals surface area contributed by atoms with E-state index in [0.29, 0.717) is 43.9 Å². The van der Waals surface area contributed by atoms with Crippen molar-refractivity contribution in [2.45, 2.75) is 19.8 Å². The fourth-order valence-electron chi connectivity index (χ4n) is 2.74. The quantitative estimate of drug-likeness (QED) is 0.830. The van der Waals surface area contributed by atoms with Crippen LogP contribution in [0.3, 0.4) is 0 Å². The molecule has 0 saturated carbocycles. The van der Waals surface area contributed by atoms with E-state index in [9.17, 15) is 13.2 Å². The molecule has 1 aliphatic heterocycles. The lowest BCUT2D eigenvalue weighted by atomic mass is 10.1. The fourth-order valence-corrected chi connectivity index (χ4v) is 3.62. The minimum Gasteiger partial charge on any atom is -0.496 e. The number of methoxy groups -OCH3 is 1. The van der Waals surface area contributed by atoms with Gasteiger partial charge in [0, 0.05) is 26.2 Å². The van der Waals surface area contributed by atoms with Gasteiger partial charge in [0.05, 0.1) is 18.9 Å². The predicted molar refractivity (Wildman–Crippen MR) is 89.3 cm³/mol. The number of sulfonamides is 1. The number of hydrogen-bond donors (Lipinski definition) is 0. The molecule has 7 heteroatoms. The van der Waals surface area contributed by atoms with Gasteiger partial charge in [-0.05, 0) is 30.5 Å². The summed E-state index contributed by atoms with van der Waals surface area (Å²) in [6, 6.07) is 5.62. The van der Waals surface area contributed by atoms with Gasteiger partial charge in [-0.15, -0.1) is 0 Å². The van der Waals surface area contributed by atoms with Crippen LogP contribution in [0.5, 0.6) is 5.75 Å². The van der Waals surface area contributed by atoms with Crippen LogP contribution < -0.4 is 4.74 Å². The molecular weight excluding hydrogens is 316 g/mol. The van der Waals surface area contributed by atoms with Crippen molar-refractivity contribution in [3.05, 3.63) is 29.3 Å². The van der Waals surface area contributed by atoms with Crippen LogP contribution in [0.15, 0.2) is 18.2 Å². The molecule has 0 bridgehead atoms. The highest BCUT2D eigenvalue weighted by molar-refractivity contribution is 7.88. The predicted octanol–water partition coefficient (Wildman–Crippen LogP) is 1.37. The van der Waals surface area contributed by atoms with Gasteiger partial charge in [0.15, 0.2) is 0 Å². The van der Waals surface area contributed by atoms with Crippen LogP contribution in [0.2, 0.25) is 0 Å². The van der Waals surface area contributed by atoms with Gasteiger partial charge in [-0.2, -0.15) is 0 Å². The Morgan fingerprint density at radius 2 is 1.96 bits per heavy atom. The number of ether oxygens (including phenoxy) is 1. The van der Waals surface area contributed by atoms with E-state index >= 15 is 0 Å². The molecule has 1 aromatic carbocycles. The second-order valence-electron chi connectivity index (χ2n) is 5.70. The maximum atomic E-state index is 12.8. The van der Waals surface area contributed by atoms with Crippen molar-refractivity contribution in [2.24, 2.45) is 0 Å². The first kappa shape index (κ1) is 17.7. The highest BCUT2D eigenvalue weighted by Gasteiger charge is 2.26. The summed E-state index contributed by atoms with van der Waals surface area (Å²) in [4.78, 5) is 14.5. The van der Waals surface area contributed by atoms with Crippen molar-refractivity contribution in [1.29, 1.82) is 0 Å². The molecule has 1 aromatic rings. The number of aryl methyl sites for hydroxylation is 1. The standard InChI is InChI=1S/C16H24N2O4S/c1-4-13-6-7-15(22-2)14(12-13)16(19)17-8-5-9-18(11-10-17)23(3,20)21/h6-7,12H,4-5,8-11H2,1-3H3. The van der Waals surface area contributed by atoms with Crippen LogP contribution >= 0.6 is 0 Å². The molecule has 0 aliphatic carbocycles. The minimum absolute atomic E-state index is 0.104. The summed E-state index contributed by atoms with van der Waals surface area (Å²) in [5, 5.41) is 0. The molecule has 1 fully saturated rings. The van der Waals surface area contributed by atoms with Crippen molar-refractivity contribution in [3.8, 4) is 5.75 Å². The molecule has 6 nitrogen and oxygen atoms in total. The highest BCUT2D eigenvalue weighted by Crippen LogP contribution is 2.23. The molecule has 23 heavy (non-hydrogen) atoms. The maximum Gasteiger partial charge on any atom is 0.257 e. The molecule has 1 saturated heterocycles. The third kappa shape index (κ3) is 4.23. The Bertz CT molecular complexity index is 673. The van der Waals surface area contributed by atoms with Crippen LogP contribution in [-0.4, -0.2) is 63.1 Å². The van der Waals surface area contributed by atoms with Crippen molar-refractivity contribution < 1.29 is 17.9 Å². The smallest absolute Gasteiger partial charge is 0.257 e. The van der Waals surface area contributed by atoms with E-state index < -0.39 is 10.0 Å². The van der Waals surface area contributed by atoms with Gasteiger partial charge in [0.1, 0.15) is 5.75 Å². The average molecular weight is 340 g/mol. The van der Waals surface area contributed by atoms with E-state index in [1.165, 1.54) is 10.6 Å². The van der Waals surface area contributed by atoms with Crippen LogP contribution in [0.4, 0.5) is 0 Å². The zero-order valence-electron chi connectivity index (χ0n) is 13.9. The van der Waals surface area contributed by atoms with E-state index in [1.54, 1.807) is 12.0 Å². The molecule has 128 valence electrons. The normalized spacial score (nSPS) is 16.9. The van der Waals surface area contributed by atoms with E-state index in [4.69, 9.17) is 4.74 Å². The van der Waals surface area contributed by atoms with E-state index in [1.807, 2.05) is 25.1 Å². The van der Waals surface area contributed by atoms with Gasteiger partial charge in [-0.25, -0.2) is 12.7 Å². The molecule has 0 unspecified atom stereocenters. The lowest BCUT2D eigenvalue weighted by Crippen LogP contribution is -2.37. The third-order valence-corrected chi connectivity index (χ3v) is 5.42. The largest absolute Gasteiger partial charge is 0.496 e. The molecule has 1 amide bonds. The molecule has 0 atom stereocenters. The Hall–Kier alpha value is -1.60. The molecule has 0 spiro atoms. The van der Waals surface area contributed by atoms with Gasteiger partial charge in [0.25, 0.3) is 5.91 Å². The Kier molecular flexibility index (Phi) is 5.64. The first-order valence-corrected chi connectivity index (χ1v) is 9.63. The summed E-state index contributed by atoms with van der Waals surface area (Å²) >= 11 is 0. The molecule has 0 aromatic heterocycles. The number of carbonyl (C=O) groups excluding carboxylic acids is 1. The zero-order chi connectivity index (χ0) is 17.0. The fraction of sp³-hybridized carbons (Fsp3) is 0.562. The second-order valence-corrected chi connectivity index (χ2v) is 7.68. The number of rotatable bonds is 4. The average Bonchev–Trinajstić information content (AvgIpc) is 2.79. The second kappa shape index (κ2) is 7.31. The monoisotopic (exact) mass is 340 g/mol. The molecule has 1 aliphatic rings. The van der Waals surface area contributed by atoms with Crippen molar-refractivity contribution in [2.75, 3.05) is 39.5 Å². The van der Waals surface area contributed by atoms with Gasteiger partial charge >= 0.3 is 0 Å². The van der Waals surface area contributed by atoms with Crippen LogP contribution in [0.25, 0.3) is 0 Å². The Labute approximate surface area is 138 Å². The SMILES string of the molecule is CCc1ccc(OC)c(C(=O)N2CCCN(S(C)(=O)=O)CC2)c1. The summed E-state index contributed by atoms with van der Waals surface area (Å²) in [7, 11) is -1.67. The summed E-state index contributed by atoms with van der Waals surface area (Å²) in [5.41, 5.74) is 1.61. The maximum absolute atomic E-state index is 12.8. The molecule has 2 rings (SSSR count). The first-order valence-electron chi connectivity index (χ1n) is 7.78. The van der Waals surface area contributed by atoms with Gasteiger partial charge in [-0.1, -0.05) is 13.0 Å². The third-order valence-electron chi connectivity index (χ3n) is 4.11. The minimum atomic E-state index is -3.22. The van der Waals surface area contributed by atoms with E-state index in [0.717, 1.165) is 12.0 Å². The summed E-state index contributed by atoms with van der Waals surface area (Å²) in [6.07, 6.45) is 2.68. The molecule has 0 radical (unpaired) electrons. The van der Waals surface area contributed by atoms with Crippen LogP contribution in [0, 0.1) is 0 Å². The lowest BCUT2D eigenvalue weighted by Gasteiger charge is -2.22.